The number of carbonyl (C=O) groups is 2. The van der Waals surface area contributed by atoms with Gasteiger partial charge in [0, 0.05) is 19.4 Å². The molecule has 0 radical (unpaired) electrons. The van der Waals surface area contributed by atoms with Crippen LogP contribution < -0.4 is 0 Å². The van der Waals surface area contributed by atoms with E-state index in [4.69, 9.17) is 9.47 Å². The van der Waals surface area contributed by atoms with E-state index in [1.165, 1.54) is 103 Å². The Labute approximate surface area is 318 Å². The van der Waals surface area contributed by atoms with E-state index in [0.717, 1.165) is 109 Å². The molecule has 304 valence electrons. The van der Waals surface area contributed by atoms with Crippen LogP contribution in [-0.4, -0.2) is 60.4 Å². The monoisotopic (exact) mass is 724 g/mol. The smallest absolute Gasteiger partial charge is 0.306 e. The van der Waals surface area contributed by atoms with E-state index in [2.05, 4.69) is 32.6 Å². The number of hydrogen-bond acceptors (Lipinski definition) is 6. The standard InChI is InChI=1S/C45H89NO5/c1-5-9-13-16-20-26-34-43(35-27-21-17-14-10-6-2)51-44(48)36-28-22-18-23-30-38-46(40-41-47)39-31-24-29-37-45(49)50-42(32-12-8-4)33-25-19-15-11-7-3/h42-43,47H,5-41H2,1-4H3. The van der Waals surface area contributed by atoms with Crippen molar-refractivity contribution < 1.29 is 24.2 Å². The molecule has 1 atom stereocenters. The van der Waals surface area contributed by atoms with Crippen LogP contribution in [0.3, 0.4) is 0 Å². The minimum atomic E-state index is -0.0220. The van der Waals surface area contributed by atoms with E-state index in [1.54, 1.807) is 0 Å². The molecule has 0 aliphatic rings. The number of aliphatic hydroxyl groups excluding tert-OH is 1. The Hall–Kier alpha value is -1.14. The van der Waals surface area contributed by atoms with Gasteiger partial charge < -0.3 is 19.5 Å². The van der Waals surface area contributed by atoms with Crippen LogP contribution in [0.5, 0.6) is 0 Å². The highest BCUT2D eigenvalue weighted by atomic mass is 16.5. The number of carbonyl (C=O) groups excluding carboxylic acids is 2. The summed E-state index contributed by atoms with van der Waals surface area (Å²) in [5.74, 6) is -0.0141. The van der Waals surface area contributed by atoms with Gasteiger partial charge in [-0.25, -0.2) is 0 Å². The molecule has 0 aromatic rings. The fraction of sp³-hybridized carbons (Fsp3) is 0.956. The number of ether oxygens (including phenoxy) is 2. The molecule has 0 saturated heterocycles. The molecular formula is C45H89NO5. The van der Waals surface area contributed by atoms with Gasteiger partial charge in [0.2, 0.25) is 0 Å². The molecule has 0 fully saturated rings. The number of nitrogens with zero attached hydrogens (tertiary/aromatic N) is 1. The van der Waals surface area contributed by atoms with Gasteiger partial charge >= 0.3 is 11.9 Å². The van der Waals surface area contributed by atoms with Crippen molar-refractivity contribution >= 4 is 11.9 Å². The number of hydrogen-bond donors (Lipinski definition) is 1. The lowest BCUT2D eigenvalue weighted by molar-refractivity contribution is -0.151. The molecule has 0 aromatic carbocycles. The van der Waals surface area contributed by atoms with Crippen LogP contribution >= 0.6 is 0 Å². The molecule has 51 heavy (non-hydrogen) atoms. The normalized spacial score (nSPS) is 12.2. The van der Waals surface area contributed by atoms with Crippen molar-refractivity contribution in [1.29, 1.82) is 0 Å². The van der Waals surface area contributed by atoms with Crippen LogP contribution in [0.2, 0.25) is 0 Å². The summed E-state index contributed by atoms with van der Waals surface area (Å²) >= 11 is 0. The number of unbranched alkanes of at least 4 members (excludes halogenated alkanes) is 21. The minimum Gasteiger partial charge on any atom is -0.462 e. The van der Waals surface area contributed by atoms with Crippen molar-refractivity contribution in [1.82, 2.24) is 4.90 Å². The lowest BCUT2D eigenvalue weighted by Gasteiger charge is -2.21. The summed E-state index contributed by atoms with van der Waals surface area (Å²) < 4.78 is 11.9. The van der Waals surface area contributed by atoms with Gasteiger partial charge in [-0.3, -0.25) is 9.59 Å². The predicted molar refractivity (Wildman–Crippen MR) is 218 cm³/mol. The third-order valence-electron chi connectivity index (χ3n) is 10.5. The second kappa shape index (κ2) is 40.1. The van der Waals surface area contributed by atoms with Gasteiger partial charge in [0.1, 0.15) is 12.2 Å². The van der Waals surface area contributed by atoms with Crippen molar-refractivity contribution in [2.75, 3.05) is 26.2 Å². The Morgan fingerprint density at radius 3 is 1.12 bits per heavy atom. The lowest BCUT2D eigenvalue weighted by Crippen LogP contribution is -2.29. The van der Waals surface area contributed by atoms with Crippen LogP contribution in [0.15, 0.2) is 0 Å². The van der Waals surface area contributed by atoms with Crippen LogP contribution in [0, 0.1) is 0 Å². The van der Waals surface area contributed by atoms with Gasteiger partial charge in [-0.1, -0.05) is 156 Å². The summed E-state index contributed by atoms with van der Waals surface area (Å²) in [5, 5.41) is 9.58. The van der Waals surface area contributed by atoms with Crippen LogP contribution in [0.1, 0.15) is 240 Å². The van der Waals surface area contributed by atoms with E-state index in [9.17, 15) is 14.7 Å². The Balaban J connectivity index is 4.19. The molecule has 0 aliphatic heterocycles. The highest BCUT2D eigenvalue weighted by Crippen LogP contribution is 2.19. The van der Waals surface area contributed by atoms with Gasteiger partial charge in [-0.2, -0.15) is 0 Å². The summed E-state index contributed by atoms with van der Waals surface area (Å²) in [7, 11) is 0. The largest absolute Gasteiger partial charge is 0.462 e. The van der Waals surface area contributed by atoms with Crippen molar-refractivity contribution in [2.24, 2.45) is 0 Å². The van der Waals surface area contributed by atoms with Crippen molar-refractivity contribution in [2.45, 2.75) is 252 Å². The van der Waals surface area contributed by atoms with Gasteiger partial charge in [-0.15, -0.1) is 0 Å². The molecule has 0 aromatic heterocycles. The average molecular weight is 724 g/mol. The van der Waals surface area contributed by atoms with Crippen LogP contribution in [0.25, 0.3) is 0 Å². The highest BCUT2D eigenvalue weighted by molar-refractivity contribution is 5.69. The van der Waals surface area contributed by atoms with Crippen molar-refractivity contribution in [3.8, 4) is 0 Å². The SMILES string of the molecule is CCCCCCCCC(CCCCCCCC)OC(=O)CCCCCCCN(CCO)CCCCCC(=O)OC(CCCC)CCCCCCC. The molecule has 0 heterocycles. The molecule has 6 heteroatoms. The summed E-state index contributed by atoms with van der Waals surface area (Å²) in [6.45, 7) is 11.8. The van der Waals surface area contributed by atoms with Gasteiger partial charge in [0.05, 0.1) is 6.61 Å². The average Bonchev–Trinajstić information content (AvgIpc) is 3.12. The molecule has 0 saturated carbocycles. The first-order valence-corrected chi connectivity index (χ1v) is 22.7. The Bertz CT molecular complexity index is 715. The van der Waals surface area contributed by atoms with E-state index in [-0.39, 0.29) is 30.8 Å². The summed E-state index contributed by atoms with van der Waals surface area (Å²) in [6.07, 6.45) is 37.6. The molecule has 0 rings (SSSR count). The van der Waals surface area contributed by atoms with Crippen LogP contribution in [0.4, 0.5) is 0 Å². The second-order valence-corrected chi connectivity index (χ2v) is 15.6. The summed E-state index contributed by atoms with van der Waals surface area (Å²) in [4.78, 5) is 27.6. The molecule has 0 aliphatic carbocycles. The van der Waals surface area contributed by atoms with Gasteiger partial charge in [0.25, 0.3) is 0 Å². The Morgan fingerprint density at radius 1 is 0.412 bits per heavy atom. The van der Waals surface area contributed by atoms with Gasteiger partial charge in [0.15, 0.2) is 0 Å². The minimum absolute atomic E-state index is 0.00784. The van der Waals surface area contributed by atoms with Gasteiger partial charge in [-0.05, 0) is 83.7 Å². The Kier molecular flexibility index (Phi) is 39.2. The zero-order chi connectivity index (χ0) is 37.5. The summed E-state index contributed by atoms with van der Waals surface area (Å²) in [5.41, 5.74) is 0. The molecule has 0 amide bonds. The van der Waals surface area contributed by atoms with E-state index in [0.29, 0.717) is 19.4 Å². The Morgan fingerprint density at radius 2 is 0.725 bits per heavy atom. The van der Waals surface area contributed by atoms with E-state index in [1.807, 2.05) is 0 Å². The third-order valence-corrected chi connectivity index (χ3v) is 10.5. The van der Waals surface area contributed by atoms with Crippen LogP contribution in [-0.2, 0) is 19.1 Å². The summed E-state index contributed by atoms with van der Waals surface area (Å²) in [6, 6.07) is 0. The highest BCUT2D eigenvalue weighted by Gasteiger charge is 2.16. The zero-order valence-electron chi connectivity index (χ0n) is 34.8. The van der Waals surface area contributed by atoms with E-state index >= 15 is 0 Å². The topological polar surface area (TPSA) is 76.1 Å². The number of aliphatic hydroxyl groups is 1. The van der Waals surface area contributed by atoms with Crippen molar-refractivity contribution in [3.63, 3.8) is 0 Å². The van der Waals surface area contributed by atoms with E-state index < -0.39 is 0 Å². The fourth-order valence-corrected chi connectivity index (χ4v) is 7.12. The quantitative estimate of drug-likeness (QED) is 0.0500. The molecule has 6 nitrogen and oxygen atoms in total. The third kappa shape index (κ3) is 35.6. The molecule has 1 N–H and O–H groups in total. The zero-order valence-corrected chi connectivity index (χ0v) is 34.8. The maximum atomic E-state index is 12.7. The first-order valence-electron chi connectivity index (χ1n) is 22.7. The maximum absolute atomic E-state index is 12.7. The molecular weight excluding hydrogens is 634 g/mol. The molecule has 0 bridgehead atoms. The first-order chi connectivity index (χ1) is 25.0. The molecule has 0 spiro atoms. The lowest BCUT2D eigenvalue weighted by atomic mass is 10.0. The fourth-order valence-electron chi connectivity index (χ4n) is 7.12. The number of esters is 2. The predicted octanol–water partition coefficient (Wildman–Crippen LogP) is 13.1. The second-order valence-electron chi connectivity index (χ2n) is 15.6. The first kappa shape index (κ1) is 49.9. The maximum Gasteiger partial charge on any atom is 0.306 e. The number of rotatable bonds is 41. The molecule has 1 unspecified atom stereocenters. The van der Waals surface area contributed by atoms with Crippen molar-refractivity contribution in [3.05, 3.63) is 0 Å².